The average Bonchev–Trinajstić information content (AvgIpc) is 2.68. The van der Waals surface area contributed by atoms with Crippen molar-refractivity contribution in [2.75, 3.05) is 16.3 Å². The average molecular weight is 481 g/mol. The normalized spacial score (nSPS) is 11.2. The van der Waals surface area contributed by atoms with E-state index in [-0.39, 0.29) is 27.3 Å². The molecule has 5 nitrogen and oxygen atoms in total. The first-order valence-electron chi connectivity index (χ1n) is 8.77. The molecular weight excluding hydrogens is 463 g/mol. The number of anilines is 2. The van der Waals surface area contributed by atoms with E-state index >= 15 is 0 Å². The Morgan fingerprint density at radius 3 is 2.23 bits per heavy atom. The maximum absolute atomic E-state index is 12.5. The number of sulfonamides is 1. The molecule has 1 amide bonds. The van der Waals surface area contributed by atoms with Gasteiger partial charge in [-0.1, -0.05) is 41.4 Å². The number of carbonyl (C=O) groups excluding carboxylic acids is 1. The Balaban J connectivity index is 1.65. The van der Waals surface area contributed by atoms with Crippen molar-refractivity contribution in [3.8, 4) is 0 Å². The number of nitrogens with one attached hydrogen (secondary N) is 2. The van der Waals surface area contributed by atoms with Crippen LogP contribution in [0.1, 0.15) is 5.56 Å². The van der Waals surface area contributed by atoms with Crippen LogP contribution < -0.4 is 10.0 Å². The van der Waals surface area contributed by atoms with Crippen molar-refractivity contribution in [1.82, 2.24) is 0 Å². The van der Waals surface area contributed by atoms with E-state index in [2.05, 4.69) is 10.0 Å². The summed E-state index contributed by atoms with van der Waals surface area (Å²) in [5.74, 6) is -0.157. The van der Waals surface area contributed by atoms with Crippen LogP contribution in [0.25, 0.3) is 0 Å². The summed E-state index contributed by atoms with van der Waals surface area (Å²) in [5.41, 5.74) is 1.85. The zero-order chi connectivity index (χ0) is 21.7. The fourth-order valence-electron chi connectivity index (χ4n) is 2.68. The van der Waals surface area contributed by atoms with Gasteiger partial charge in [-0.3, -0.25) is 9.52 Å². The van der Waals surface area contributed by atoms with Gasteiger partial charge in [0.05, 0.1) is 11.3 Å². The Kier molecular flexibility index (Phi) is 7.31. The van der Waals surface area contributed by atoms with E-state index in [0.717, 1.165) is 16.1 Å². The van der Waals surface area contributed by atoms with Crippen molar-refractivity contribution in [3.63, 3.8) is 0 Å². The zero-order valence-electron chi connectivity index (χ0n) is 15.9. The van der Waals surface area contributed by atoms with Crippen LogP contribution in [0.2, 0.25) is 10.0 Å². The maximum Gasteiger partial charge on any atom is 0.261 e. The molecule has 156 valence electrons. The number of hydrogen-bond donors (Lipinski definition) is 2. The van der Waals surface area contributed by atoms with Gasteiger partial charge < -0.3 is 5.32 Å². The van der Waals surface area contributed by atoms with Crippen LogP contribution in [-0.2, 0) is 21.2 Å². The lowest BCUT2D eigenvalue weighted by atomic mass is 10.1. The Bertz CT molecular complexity index is 1150. The molecule has 0 saturated heterocycles. The summed E-state index contributed by atoms with van der Waals surface area (Å²) in [6.45, 7) is 0. The molecule has 30 heavy (non-hydrogen) atoms. The molecule has 0 aliphatic carbocycles. The van der Waals surface area contributed by atoms with E-state index in [1.165, 1.54) is 18.2 Å². The number of rotatable bonds is 7. The smallest absolute Gasteiger partial charge is 0.261 e. The second-order valence-corrected chi connectivity index (χ2v) is 9.80. The number of hydrogen-bond acceptors (Lipinski definition) is 4. The van der Waals surface area contributed by atoms with Crippen LogP contribution in [-0.4, -0.2) is 20.6 Å². The monoisotopic (exact) mass is 480 g/mol. The highest BCUT2D eigenvalue weighted by molar-refractivity contribution is 7.98. The first-order valence-corrected chi connectivity index (χ1v) is 12.2. The van der Waals surface area contributed by atoms with Crippen LogP contribution in [0.4, 0.5) is 11.4 Å². The molecule has 0 aromatic heterocycles. The van der Waals surface area contributed by atoms with Gasteiger partial charge in [0, 0.05) is 26.3 Å². The van der Waals surface area contributed by atoms with Crippen molar-refractivity contribution in [3.05, 3.63) is 82.3 Å². The van der Waals surface area contributed by atoms with Crippen LogP contribution in [0.15, 0.2) is 76.5 Å². The largest absolute Gasteiger partial charge is 0.326 e. The number of benzene rings is 3. The Morgan fingerprint density at radius 2 is 1.60 bits per heavy atom. The van der Waals surface area contributed by atoms with Gasteiger partial charge in [0.25, 0.3) is 10.0 Å². The number of amides is 1. The molecule has 0 aliphatic heterocycles. The SMILES string of the molecule is CSc1cccc(NC(=O)Cc2ccc(NS(=O)(=O)c3cc(Cl)cc(Cl)c3)cc2)c1. The number of halogens is 2. The summed E-state index contributed by atoms with van der Waals surface area (Å²) in [6, 6.07) is 18.3. The lowest BCUT2D eigenvalue weighted by Gasteiger charge is -2.10. The molecule has 3 aromatic carbocycles. The van der Waals surface area contributed by atoms with Crippen LogP contribution >= 0.6 is 35.0 Å². The molecule has 0 unspecified atom stereocenters. The van der Waals surface area contributed by atoms with Crippen molar-refractivity contribution in [2.24, 2.45) is 0 Å². The molecular formula is C21H18Cl2N2O3S2. The van der Waals surface area contributed by atoms with Gasteiger partial charge in [-0.25, -0.2) is 8.42 Å². The second kappa shape index (κ2) is 9.75. The van der Waals surface area contributed by atoms with Gasteiger partial charge in [0.2, 0.25) is 5.91 Å². The number of carbonyl (C=O) groups is 1. The first-order chi connectivity index (χ1) is 14.2. The second-order valence-electron chi connectivity index (χ2n) is 6.36. The minimum absolute atomic E-state index is 0.0315. The van der Waals surface area contributed by atoms with Crippen molar-refractivity contribution < 1.29 is 13.2 Å². The lowest BCUT2D eigenvalue weighted by Crippen LogP contribution is -2.15. The summed E-state index contributed by atoms with van der Waals surface area (Å²) in [7, 11) is -3.84. The third-order valence-electron chi connectivity index (χ3n) is 4.07. The highest BCUT2D eigenvalue weighted by atomic mass is 35.5. The predicted octanol–water partition coefficient (Wildman–Crippen LogP) is 5.70. The van der Waals surface area contributed by atoms with Crippen LogP contribution in [0.3, 0.4) is 0 Å². The molecule has 3 aromatic rings. The predicted molar refractivity (Wildman–Crippen MR) is 124 cm³/mol. The molecule has 0 bridgehead atoms. The van der Waals surface area contributed by atoms with Gasteiger partial charge in [-0.15, -0.1) is 11.8 Å². The molecule has 3 rings (SSSR count). The third-order valence-corrected chi connectivity index (χ3v) is 6.59. The summed E-state index contributed by atoms with van der Waals surface area (Å²) < 4.78 is 27.5. The molecule has 0 saturated carbocycles. The molecule has 9 heteroatoms. The van der Waals surface area contributed by atoms with Gasteiger partial charge in [0.15, 0.2) is 0 Å². The van der Waals surface area contributed by atoms with E-state index < -0.39 is 10.0 Å². The minimum atomic E-state index is -3.84. The first kappa shape index (κ1) is 22.5. The third kappa shape index (κ3) is 6.15. The molecule has 0 spiro atoms. The molecule has 0 heterocycles. The molecule has 0 atom stereocenters. The quantitative estimate of drug-likeness (QED) is 0.425. The topological polar surface area (TPSA) is 75.3 Å². The highest BCUT2D eigenvalue weighted by Gasteiger charge is 2.16. The van der Waals surface area contributed by atoms with Crippen molar-refractivity contribution in [1.29, 1.82) is 0 Å². The fraction of sp³-hybridized carbons (Fsp3) is 0.0952. The Morgan fingerprint density at radius 1 is 0.933 bits per heavy atom. The maximum atomic E-state index is 12.5. The fourth-order valence-corrected chi connectivity index (χ4v) is 4.92. The standard InChI is InChI=1S/C21H18Cl2N2O3S2/c1-29-19-4-2-3-18(13-19)24-21(26)9-14-5-7-17(8-6-14)25-30(27,28)20-11-15(22)10-16(23)12-20/h2-8,10-13,25H,9H2,1H3,(H,24,26). The van der Waals surface area contributed by atoms with Gasteiger partial charge in [-0.2, -0.15) is 0 Å². The van der Waals surface area contributed by atoms with Gasteiger partial charge >= 0.3 is 0 Å². The number of thioether (sulfide) groups is 1. The summed E-state index contributed by atoms with van der Waals surface area (Å²) in [6.07, 6.45) is 2.14. The van der Waals surface area contributed by atoms with Crippen LogP contribution in [0, 0.1) is 0 Å². The van der Waals surface area contributed by atoms with E-state index in [1.54, 1.807) is 36.0 Å². The summed E-state index contributed by atoms with van der Waals surface area (Å²) >= 11 is 13.4. The zero-order valence-corrected chi connectivity index (χ0v) is 19.0. The molecule has 0 fully saturated rings. The Labute approximate surface area is 189 Å². The summed E-state index contributed by atoms with van der Waals surface area (Å²) in [4.78, 5) is 13.3. The highest BCUT2D eigenvalue weighted by Crippen LogP contribution is 2.24. The lowest BCUT2D eigenvalue weighted by molar-refractivity contribution is -0.115. The molecule has 0 aliphatic rings. The molecule has 2 N–H and O–H groups in total. The van der Waals surface area contributed by atoms with Crippen LogP contribution in [0.5, 0.6) is 0 Å². The van der Waals surface area contributed by atoms with Gasteiger partial charge in [0.1, 0.15) is 0 Å². The van der Waals surface area contributed by atoms with Crippen molar-refractivity contribution >= 4 is 62.3 Å². The Hall–Kier alpha value is -2.19. The van der Waals surface area contributed by atoms with Crippen molar-refractivity contribution in [2.45, 2.75) is 16.2 Å². The minimum Gasteiger partial charge on any atom is -0.326 e. The van der Waals surface area contributed by atoms with E-state index in [9.17, 15) is 13.2 Å². The van der Waals surface area contributed by atoms with Gasteiger partial charge in [-0.05, 0) is 60.4 Å². The van der Waals surface area contributed by atoms with E-state index in [0.29, 0.717) is 5.69 Å². The molecule has 0 radical (unpaired) electrons. The van der Waals surface area contributed by atoms with E-state index in [1.807, 2.05) is 30.5 Å². The summed E-state index contributed by atoms with van der Waals surface area (Å²) in [5, 5.41) is 3.32. The van der Waals surface area contributed by atoms with E-state index in [4.69, 9.17) is 23.2 Å².